The van der Waals surface area contributed by atoms with Gasteiger partial charge < -0.3 is 19.7 Å². The van der Waals surface area contributed by atoms with E-state index in [9.17, 15) is 4.79 Å². The summed E-state index contributed by atoms with van der Waals surface area (Å²) in [6, 6.07) is 14.0. The molecule has 24 heavy (non-hydrogen) atoms. The highest BCUT2D eigenvalue weighted by Gasteiger charge is 2.13. The van der Waals surface area contributed by atoms with Crippen molar-refractivity contribution in [2.45, 2.75) is 19.4 Å². The van der Waals surface area contributed by atoms with Gasteiger partial charge in [0.2, 0.25) is 12.7 Å². The molecule has 5 nitrogen and oxygen atoms in total. The third kappa shape index (κ3) is 3.98. The maximum atomic E-state index is 12.0. The summed E-state index contributed by atoms with van der Waals surface area (Å²) >= 11 is 0. The lowest BCUT2D eigenvalue weighted by Crippen LogP contribution is -2.23. The summed E-state index contributed by atoms with van der Waals surface area (Å²) in [5, 5.41) is 2.96. The Morgan fingerprint density at radius 1 is 1.04 bits per heavy atom. The molecule has 126 valence electrons. The second-order valence-corrected chi connectivity index (χ2v) is 6.03. The lowest BCUT2D eigenvalue weighted by atomic mass is 10.1. The molecule has 2 aromatic rings. The Bertz CT molecular complexity index is 711. The van der Waals surface area contributed by atoms with E-state index in [1.807, 2.05) is 61.5 Å². The number of carbonyl (C=O) groups is 1. The Morgan fingerprint density at radius 2 is 1.75 bits per heavy atom. The molecule has 0 radical (unpaired) electrons. The van der Waals surface area contributed by atoms with Crippen molar-refractivity contribution in [3.63, 3.8) is 0 Å². The average Bonchev–Trinajstić information content (AvgIpc) is 3.06. The van der Waals surface area contributed by atoms with E-state index in [2.05, 4.69) is 5.32 Å². The maximum Gasteiger partial charge on any atom is 0.231 e. The SMILES string of the molecule is CN(C)c1ccc(CNC(=O)CCc2ccc3c(c2)OCO3)cc1. The molecule has 0 unspecified atom stereocenters. The van der Waals surface area contributed by atoms with Crippen LogP contribution in [-0.4, -0.2) is 26.8 Å². The van der Waals surface area contributed by atoms with E-state index in [1.54, 1.807) is 0 Å². The normalized spacial score (nSPS) is 12.1. The van der Waals surface area contributed by atoms with Gasteiger partial charge in [-0.05, 0) is 41.8 Å². The lowest BCUT2D eigenvalue weighted by molar-refractivity contribution is -0.121. The zero-order valence-electron chi connectivity index (χ0n) is 14.0. The molecule has 0 bridgehead atoms. The highest BCUT2D eigenvalue weighted by atomic mass is 16.7. The second kappa shape index (κ2) is 7.25. The summed E-state index contributed by atoms with van der Waals surface area (Å²) in [5.74, 6) is 1.57. The number of hydrogen-bond donors (Lipinski definition) is 1. The Hall–Kier alpha value is -2.69. The molecule has 1 amide bonds. The summed E-state index contributed by atoms with van der Waals surface area (Å²) in [4.78, 5) is 14.1. The van der Waals surface area contributed by atoms with Crippen LogP contribution in [0.2, 0.25) is 0 Å². The van der Waals surface area contributed by atoms with Crippen molar-refractivity contribution < 1.29 is 14.3 Å². The molecule has 2 aromatic carbocycles. The molecule has 0 fully saturated rings. The van der Waals surface area contributed by atoms with Crippen LogP contribution >= 0.6 is 0 Å². The summed E-state index contributed by atoms with van der Waals surface area (Å²) in [6.07, 6.45) is 1.14. The standard InChI is InChI=1S/C19H22N2O3/c1-21(2)16-7-3-15(4-8-16)12-20-19(22)10-6-14-5-9-17-18(11-14)24-13-23-17/h3-5,7-9,11H,6,10,12-13H2,1-2H3,(H,20,22). The van der Waals surface area contributed by atoms with E-state index in [-0.39, 0.29) is 12.7 Å². The van der Waals surface area contributed by atoms with E-state index in [1.165, 1.54) is 0 Å². The number of hydrogen-bond acceptors (Lipinski definition) is 4. The van der Waals surface area contributed by atoms with Crippen molar-refractivity contribution in [1.29, 1.82) is 0 Å². The molecular formula is C19H22N2O3. The third-order valence-electron chi connectivity index (χ3n) is 4.02. The summed E-state index contributed by atoms with van der Waals surface area (Å²) < 4.78 is 10.6. The van der Waals surface area contributed by atoms with Crippen LogP contribution in [0.4, 0.5) is 5.69 Å². The van der Waals surface area contributed by atoms with E-state index in [0.29, 0.717) is 19.4 Å². The van der Waals surface area contributed by atoms with Crippen LogP contribution in [0.5, 0.6) is 11.5 Å². The van der Waals surface area contributed by atoms with Crippen LogP contribution < -0.4 is 19.7 Å². The molecule has 1 aliphatic heterocycles. The number of benzene rings is 2. The molecule has 0 spiro atoms. The van der Waals surface area contributed by atoms with Gasteiger partial charge in [0.1, 0.15) is 0 Å². The number of fused-ring (bicyclic) bond motifs is 1. The quantitative estimate of drug-likeness (QED) is 0.887. The third-order valence-corrected chi connectivity index (χ3v) is 4.02. The molecule has 1 heterocycles. The molecule has 3 rings (SSSR count). The van der Waals surface area contributed by atoms with Crippen molar-refractivity contribution in [2.75, 3.05) is 25.8 Å². The first kappa shape index (κ1) is 16.2. The largest absolute Gasteiger partial charge is 0.454 e. The number of nitrogens with one attached hydrogen (secondary N) is 1. The van der Waals surface area contributed by atoms with Gasteiger partial charge in [-0.1, -0.05) is 18.2 Å². The van der Waals surface area contributed by atoms with E-state index >= 15 is 0 Å². The van der Waals surface area contributed by atoms with Gasteiger partial charge in [-0.25, -0.2) is 0 Å². The smallest absolute Gasteiger partial charge is 0.231 e. The van der Waals surface area contributed by atoms with Gasteiger partial charge in [-0.15, -0.1) is 0 Å². The van der Waals surface area contributed by atoms with Crippen LogP contribution in [0.25, 0.3) is 0 Å². The Morgan fingerprint density at radius 3 is 2.50 bits per heavy atom. The molecule has 1 N–H and O–H groups in total. The predicted octanol–water partition coefficient (Wildman–Crippen LogP) is 2.73. The molecule has 0 saturated carbocycles. The van der Waals surface area contributed by atoms with Gasteiger partial charge in [0.05, 0.1) is 0 Å². The van der Waals surface area contributed by atoms with Crippen LogP contribution in [0.1, 0.15) is 17.5 Å². The van der Waals surface area contributed by atoms with E-state index in [4.69, 9.17) is 9.47 Å². The highest BCUT2D eigenvalue weighted by Crippen LogP contribution is 2.32. The fourth-order valence-corrected chi connectivity index (χ4v) is 2.56. The highest BCUT2D eigenvalue weighted by molar-refractivity contribution is 5.76. The number of aryl methyl sites for hydroxylation is 1. The fourth-order valence-electron chi connectivity index (χ4n) is 2.56. The topological polar surface area (TPSA) is 50.8 Å². The molecule has 5 heteroatoms. The molecule has 0 saturated heterocycles. The van der Waals surface area contributed by atoms with Crippen molar-refractivity contribution in [3.8, 4) is 11.5 Å². The fraction of sp³-hybridized carbons (Fsp3) is 0.316. The van der Waals surface area contributed by atoms with Crippen molar-refractivity contribution in [1.82, 2.24) is 5.32 Å². The number of anilines is 1. The van der Waals surface area contributed by atoms with Crippen LogP contribution in [0.3, 0.4) is 0 Å². The second-order valence-electron chi connectivity index (χ2n) is 6.03. The van der Waals surface area contributed by atoms with Crippen molar-refractivity contribution in [2.24, 2.45) is 0 Å². The minimum absolute atomic E-state index is 0.0457. The van der Waals surface area contributed by atoms with E-state index < -0.39 is 0 Å². The molecule has 0 atom stereocenters. The molecular weight excluding hydrogens is 304 g/mol. The predicted molar refractivity (Wildman–Crippen MR) is 93.5 cm³/mol. The van der Waals surface area contributed by atoms with Crippen LogP contribution in [0.15, 0.2) is 42.5 Å². The van der Waals surface area contributed by atoms with Gasteiger partial charge in [0.15, 0.2) is 11.5 Å². The lowest BCUT2D eigenvalue weighted by Gasteiger charge is -2.13. The summed E-state index contributed by atoms with van der Waals surface area (Å²) in [6.45, 7) is 0.819. The number of ether oxygens (including phenoxy) is 2. The number of rotatable bonds is 6. The Labute approximate surface area is 142 Å². The zero-order valence-corrected chi connectivity index (χ0v) is 14.0. The summed E-state index contributed by atoms with van der Waals surface area (Å²) in [5.41, 5.74) is 3.31. The first-order valence-electron chi connectivity index (χ1n) is 8.03. The molecule has 1 aliphatic rings. The maximum absolute atomic E-state index is 12.0. The van der Waals surface area contributed by atoms with Crippen molar-refractivity contribution >= 4 is 11.6 Å². The zero-order chi connectivity index (χ0) is 16.9. The minimum atomic E-state index is 0.0457. The van der Waals surface area contributed by atoms with Crippen LogP contribution in [0, 0.1) is 0 Å². The van der Waals surface area contributed by atoms with Gasteiger partial charge in [0, 0.05) is 32.7 Å². The Balaban J connectivity index is 1.45. The summed E-state index contributed by atoms with van der Waals surface area (Å²) in [7, 11) is 4.01. The first-order valence-corrected chi connectivity index (χ1v) is 8.03. The van der Waals surface area contributed by atoms with Crippen molar-refractivity contribution in [3.05, 3.63) is 53.6 Å². The number of carbonyl (C=O) groups excluding carboxylic acids is 1. The first-order chi connectivity index (χ1) is 11.6. The van der Waals surface area contributed by atoms with Crippen LogP contribution in [-0.2, 0) is 17.8 Å². The van der Waals surface area contributed by atoms with Gasteiger partial charge >= 0.3 is 0 Å². The van der Waals surface area contributed by atoms with Gasteiger partial charge in [-0.2, -0.15) is 0 Å². The van der Waals surface area contributed by atoms with E-state index in [0.717, 1.165) is 28.3 Å². The molecule has 0 aromatic heterocycles. The number of amides is 1. The Kier molecular flexibility index (Phi) is 4.89. The van der Waals surface area contributed by atoms with Gasteiger partial charge in [0.25, 0.3) is 0 Å². The monoisotopic (exact) mass is 326 g/mol. The minimum Gasteiger partial charge on any atom is -0.454 e. The van der Waals surface area contributed by atoms with Gasteiger partial charge in [-0.3, -0.25) is 4.79 Å². The average molecular weight is 326 g/mol. The molecule has 0 aliphatic carbocycles. The number of nitrogens with zero attached hydrogens (tertiary/aromatic N) is 1.